The normalized spacial score (nSPS) is 27.5. The summed E-state index contributed by atoms with van der Waals surface area (Å²) >= 11 is 0. The van der Waals surface area contributed by atoms with Gasteiger partial charge in [0.15, 0.2) is 0 Å². The van der Waals surface area contributed by atoms with Crippen molar-refractivity contribution in [2.75, 3.05) is 19.6 Å². The Labute approximate surface area is 115 Å². The minimum absolute atomic E-state index is 0.657. The van der Waals surface area contributed by atoms with Crippen molar-refractivity contribution in [1.29, 1.82) is 0 Å². The molecule has 2 heteroatoms. The van der Waals surface area contributed by atoms with Gasteiger partial charge in [0.1, 0.15) is 0 Å². The lowest BCUT2D eigenvalue weighted by Crippen LogP contribution is -2.24. The Hall–Kier alpha value is -1.41. The van der Waals surface area contributed by atoms with E-state index in [1.165, 1.54) is 30.8 Å². The van der Waals surface area contributed by atoms with Crippen molar-refractivity contribution in [3.05, 3.63) is 48.0 Å². The zero-order valence-electron chi connectivity index (χ0n) is 11.6. The van der Waals surface area contributed by atoms with E-state index in [0.29, 0.717) is 5.92 Å². The molecule has 3 rings (SSSR count). The van der Waals surface area contributed by atoms with E-state index in [4.69, 9.17) is 0 Å². The topological polar surface area (TPSA) is 15.6 Å². The number of allylic oxidation sites excluding steroid dienone is 1. The van der Waals surface area contributed by atoms with Gasteiger partial charge in [-0.3, -0.25) is 9.89 Å². The predicted octanol–water partition coefficient (Wildman–Crippen LogP) is 3.16. The first-order valence-electron chi connectivity index (χ1n) is 7.27. The number of rotatable bonds is 3. The quantitative estimate of drug-likeness (QED) is 0.809. The third-order valence-corrected chi connectivity index (χ3v) is 4.30. The first-order valence-corrected chi connectivity index (χ1v) is 7.27. The molecule has 0 aliphatic carbocycles. The van der Waals surface area contributed by atoms with Crippen LogP contribution >= 0.6 is 0 Å². The molecule has 1 unspecified atom stereocenters. The first kappa shape index (κ1) is 12.6. The third kappa shape index (κ3) is 3.13. The van der Waals surface area contributed by atoms with E-state index >= 15 is 0 Å². The van der Waals surface area contributed by atoms with E-state index < -0.39 is 0 Å². The molecule has 1 aromatic rings. The molecule has 0 aromatic heterocycles. The summed E-state index contributed by atoms with van der Waals surface area (Å²) in [6, 6.07) is 10.8. The molecule has 2 aliphatic rings. The van der Waals surface area contributed by atoms with Crippen LogP contribution in [-0.2, 0) is 6.54 Å². The van der Waals surface area contributed by atoms with E-state index in [2.05, 4.69) is 59.3 Å². The molecule has 100 valence electrons. The fourth-order valence-electron chi connectivity index (χ4n) is 3.13. The molecule has 0 N–H and O–H groups in total. The fourth-order valence-corrected chi connectivity index (χ4v) is 3.13. The molecule has 1 fully saturated rings. The van der Waals surface area contributed by atoms with Crippen LogP contribution in [0.1, 0.15) is 18.9 Å². The summed E-state index contributed by atoms with van der Waals surface area (Å²) in [5.41, 5.74) is 2.60. The highest BCUT2D eigenvalue weighted by molar-refractivity contribution is 5.93. The van der Waals surface area contributed by atoms with Crippen molar-refractivity contribution >= 4 is 5.71 Å². The zero-order valence-corrected chi connectivity index (χ0v) is 11.6. The van der Waals surface area contributed by atoms with Gasteiger partial charge in [0.2, 0.25) is 0 Å². The Kier molecular flexibility index (Phi) is 3.79. The summed E-state index contributed by atoms with van der Waals surface area (Å²) in [7, 11) is 0. The maximum absolute atomic E-state index is 4.58. The standard InChI is InChI=1S/C17H22N2/c1-14-7-8-16(11-18-14)17-9-10-19(13-17)12-15-5-3-2-4-6-15/h2-8,16-17H,9-13H2,1H3/t16?,17-/m0/s1. The molecule has 2 aliphatic heterocycles. The van der Waals surface area contributed by atoms with E-state index in [0.717, 1.165) is 19.0 Å². The molecular formula is C17H22N2. The summed E-state index contributed by atoms with van der Waals surface area (Å²) in [5, 5.41) is 0. The molecule has 1 aromatic carbocycles. The summed E-state index contributed by atoms with van der Waals surface area (Å²) in [6.45, 7) is 6.62. The van der Waals surface area contributed by atoms with Crippen LogP contribution < -0.4 is 0 Å². The summed E-state index contributed by atoms with van der Waals surface area (Å²) < 4.78 is 0. The summed E-state index contributed by atoms with van der Waals surface area (Å²) in [5.74, 6) is 1.45. The number of aliphatic imine (C=N–C) groups is 1. The van der Waals surface area contributed by atoms with Gasteiger partial charge in [-0.15, -0.1) is 0 Å². The molecule has 0 bridgehead atoms. The highest BCUT2D eigenvalue weighted by Crippen LogP contribution is 2.28. The zero-order chi connectivity index (χ0) is 13.1. The molecular weight excluding hydrogens is 232 g/mol. The second kappa shape index (κ2) is 5.70. The van der Waals surface area contributed by atoms with Crippen LogP contribution in [0.4, 0.5) is 0 Å². The lowest BCUT2D eigenvalue weighted by Gasteiger charge is -2.22. The Morgan fingerprint density at radius 2 is 2.11 bits per heavy atom. The SMILES string of the molecule is CC1=NCC([C@H]2CCN(Cc3ccccc3)C2)C=C1. The molecule has 2 atom stereocenters. The number of likely N-dealkylation sites (tertiary alicyclic amines) is 1. The minimum atomic E-state index is 0.657. The van der Waals surface area contributed by atoms with Gasteiger partial charge in [-0.25, -0.2) is 0 Å². The monoisotopic (exact) mass is 254 g/mol. The molecule has 0 radical (unpaired) electrons. The van der Waals surface area contributed by atoms with Crippen LogP contribution in [0.3, 0.4) is 0 Å². The maximum Gasteiger partial charge on any atom is 0.0458 e. The Bertz CT molecular complexity index is 475. The lowest BCUT2D eigenvalue weighted by molar-refractivity contribution is 0.300. The van der Waals surface area contributed by atoms with Crippen LogP contribution in [0.2, 0.25) is 0 Å². The van der Waals surface area contributed by atoms with Crippen molar-refractivity contribution in [2.45, 2.75) is 19.9 Å². The molecule has 1 saturated heterocycles. The highest BCUT2D eigenvalue weighted by Gasteiger charge is 2.28. The smallest absolute Gasteiger partial charge is 0.0458 e. The molecule has 19 heavy (non-hydrogen) atoms. The number of benzene rings is 1. The van der Waals surface area contributed by atoms with Crippen molar-refractivity contribution in [1.82, 2.24) is 4.90 Å². The Balaban J connectivity index is 1.55. The number of nitrogens with zero attached hydrogens (tertiary/aromatic N) is 2. The predicted molar refractivity (Wildman–Crippen MR) is 80.4 cm³/mol. The van der Waals surface area contributed by atoms with Gasteiger partial charge in [-0.05, 0) is 37.4 Å². The van der Waals surface area contributed by atoms with E-state index in [-0.39, 0.29) is 0 Å². The largest absolute Gasteiger partial charge is 0.299 e. The third-order valence-electron chi connectivity index (χ3n) is 4.30. The molecule has 0 amide bonds. The molecule has 2 heterocycles. The van der Waals surface area contributed by atoms with Crippen LogP contribution in [0.15, 0.2) is 47.5 Å². The summed E-state index contributed by atoms with van der Waals surface area (Å²) in [4.78, 5) is 7.16. The lowest BCUT2D eigenvalue weighted by atomic mass is 9.89. The second-order valence-corrected chi connectivity index (χ2v) is 5.77. The van der Waals surface area contributed by atoms with Gasteiger partial charge in [-0.2, -0.15) is 0 Å². The van der Waals surface area contributed by atoms with Crippen LogP contribution in [-0.4, -0.2) is 30.2 Å². The van der Waals surface area contributed by atoms with Gasteiger partial charge in [-0.1, -0.05) is 36.4 Å². The number of dihydropyridines is 1. The molecule has 0 spiro atoms. The van der Waals surface area contributed by atoms with Crippen LogP contribution in [0.5, 0.6) is 0 Å². The van der Waals surface area contributed by atoms with Crippen molar-refractivity contribution in [2.24, 2.45) is 16.8 Å². The Morgan fingerprint density at radius 3 is 2.84 bits per heavy atom. The van der Waals surface area contributed by atoms with Gasteiger partial charge < -0.3 is 0 Å². The van der Waals surface area contributed by atoms with Crippen molar-refractivity contribution in [3.63, 3.8) is 0 Å². The molecule has 2 nitrogen and oxygen atoms in total. The fraction of sp³-hybridized carbons (Fsp3) is 0.471. The average Bonchev–Trinajstić information content (AvgIpc) is 2.89. The van der Waals surface area contributed by atoms with E-state index in [1.807, 2.05) is 0 Å². The van der Waals surface area contributed by atoms with E-state index in [1.54, 1.807) is 0 Å². The van der Waals surface area contributed by atoms with Crippen molar-refractivity contribution < 1.29 is 0 Å². The Morgan fingerprint density at radius 1 is 1.26 bits per heavy atom. The van der Waals surface area contributed by atoms with Gasteiger partial charge in [0.25, 0.3) is 0 Å². The summed E-state index contributed by atoms with van der Waals surface area (Å²) in [6.07, 6.45) is 5.88. The van der Waals surface area contributed by atoms with Gasteiger partial charge in [0.05, 0.1) is 0 Å². The number of hydrogen-bond donors (Lipinski definition) is 0. The maximum atomic E-state index is 4.58. The van der Waals surface area contributed by atoms with Crippen LogP contribution in [0, 0.1) is 11.8 Å². The first-order chi connectivity index (χ1) is 9.31. The van der Waals surface area contributed by atoms with Crippen LogP contribution in [0.25, 0.3) is 0 Å². The average molecular weight is 254 g/mol. The molecule has 0 saturated carbocycles. The minimum Gasteiger partial charge on any atom is -0.299 e. The highest BCUT2D eigenvalue weighted by atomic mass is 15.1. The van der Waals surface area contributed by atoms with Crippen molar-refractivity contribution in [3.8, 4) is 0 Å². The van der Waals surface area contributed by atoms with Gasteiger partial charge in [0, 0.05) is 31.3 Å². The second-order valence-electron chi connectivity index (χ2n) is 5.77. The van der Waals surface area contributed by atoms with Gasteiger partial charge >= 0.3 is 0 Å². The number of hydrogen-bond acceptors (Lipinski definition) is 2. The van der Waals surface area contributed by atoms with E-state index in [9.17, 15) is 0 Å².